The van der Waals surface area contributed by atoms with Crippen LogP contribution in [0.4, 0.5) is 11.6 Å². The predicted molar refractivity (Wildman–Crippen MR) is 103 cm³/mol. The van der Waals surface area contributed by atoms with Crippen molar-refractivity contribution < 1.29 is 0 Å². The van der Waals surface area contributed by atoms with E-state index in [9.17, 15) is 0 Å². The molecule has 0 aliphatic carbocycles. The lowest BCUT2D eigenvalue weighted by atomic mass is 10.2. The van der Waals surface area contributed by atoms with Crippen LogP contribution in [-0.2, 0) is 6.42 Å². The predicted octanol–water partition coefficient (Wildman–Crippen LogP) is 4.43. The number of halogens is 1. The first-order valence-electron chi connectivity index (χ1n) is 8.39. The van der Waals surface area contributed by atoms with E-state index in [1.165, 1.54) is 5.56 Å². The van der Waals surface area contributed by atoms with Gasteiger partial charge in [-0.15, -0.1) is 0 Å². The first-order chi connectivity index (χ1) is 12.8. The standard InChI is InChI=1S/C20H14ClN5/c21-15-5-6-17-16(11-15)20(25-18(24-17)14-4-1-8-22-12-14)26-10-7-13-3-2-9-23-19(13)26/h1-6,8-9,11-12H,7,10H2. The van der Waals surface area contributed by atoms with Gasteiger partial charge in [0.05, 0.1) is 5.52 Å². The van der Waals surface area contributed by atoms with E-state index in [-0.39, 0.29) is 0 Å². The molecule has 0 saturated heterocycles. The highest BCUT2D eigenvalue weighted by atomic mass is 35.5. The summed E-state index contributed by atoms with van der Waals surface area (Å²) in [6.07, 6.45) is 6.27. The van der Waals surface area contributed by atoms with E-state index in [1.807, 2.05) is 42.6 Å². The fourth-order valence-corrected chi connectivity index (χ4v) is 3.50. The lowest BCUT2D eigenvalue weighted by molar-refractivity contribution is 0.967. The molecule has 5 rings (SSSR count). The van der Waals surface area contributed by atoms with Gasteiger partial charge in [0.1, 0.15) is 11.6 Å². The second-order valence-electron chi connectivity index (χ2n) is 6.16. The zero-order valence-electron chi connectivity index (χ0n) is 13.8. The molecule has 4 heterocycles. The van der Waals surface area contributed by atoms with Crippen molar-refractivity contribution in [3.63, 3.8) is 0 Å². The molecule has 0 atom stereocenters. The third kappa shape index (κ3) is 2.48. The van der Waals surface area contributed by atoms with E-state index in [2.05, 4.69) is 20.9 Å². The Labute approximate surface area is 155 Å². The van der Waals surface area contributed by atoms with Gasteiger partial charge in [0.15, 0.2) is 5.82 Å². The molecule has 3 aromatic heterocycles. The molecule has 0 saturated carbocycles. The van der Waals surface area contributed by atoms with Crippen molar-refractivity contribution in [1.29, 1.82) is 0 Å². The number of fused-ring (bicyclic) bond motifs is 2. The van der Waals surface area contributed by atoms with Crippen LogP contribution in [-0.4, -0.2) is 26.5 Å². The minimum atomic E-state index is 0.646. The molecular formula is C20H14ClN5. The molecule has 1 aliphatic heterocycles. The Bertz CT molecular complexity index is 1110. The van der Waals surface area contributed by atoms with Gasteiger partial charge in [0, 0.05) is 41.1 Å². The van der Waals surface area contributed by atoms with Crippen LogP contribution in [0.2, 0.25) is 5.02 Å². The van der Waals surface area contributed by atoms with Crippen LogP contribution in [0.25, 0.3) is 22.3 Å². The second-order valence-corrected chi connectivity index (χ2v) is 6.60. The van der Waals surface area contributed by atoms with E-state index < -0.39 is 0 Å². The highest BCUT2D eigenvalue weighted by Gasteiger charge is 2.25. The van der Waals surface area contributed by atoms with Gasteiger partial charge in [0.2, 0.25) is 0 Å². The smallest absolute Gasteiger partial charge is 0.163 e. The Hall–Kier alpha value is -3.05. The quantitative estimate of drug-likeness (QED) is 0.529. The van der Waals surface area contributed by atoms with Gasteiger partial charge >= 0.3 is 0 Å². The van der Waals surface area contributed by atoms with Crippen LogP contribution in [0.3, 0.4) is 0 Å². The van der Waals surface area contributed by atoms with Gasteiger partial charge in [-0.1, -0.05) is 17.7 Å². The summed E-state index contributed by atoms with van der Waals surface area (Å²) in [6, 6.07) is 13.6. The average molecular weight is 360 g/mol. The van der Waals surface area contributed by atoms with E-state index >= 15 is 0 Å². The van der Waals surface area contributed by atoms with Crippen LogP contribution in [0.5, 0.6) is 0 Å². The molecule has 0 radical (unpaired) electrons. The van der Waals surface area contributed by atoms with E-state index in [4.69, 9.17) is 21.6 Å². The molecule has 6 heteroatoms. The molecule has 4 aromatic rings. The zero-order chi connectivity index (χ0) is 17.5. The van der Waals surface area contributed by atoms with Gasteiger partial charge in [-0.05, 0) is 48.4 Å². The number of hydrogen-bond acceptors (Lipinski definition) is 5. The molecule has 26 heavy (non-hydrogen) atoms. The Morgan fingerprint density at radius 1 is 0.962 bits per heavy atom. The first kappa shape index (κ1) is 15.2. The van der Waals surface area contributed by atoms with E-state index in [0.717, 1.165) is 41.1 Å². The fraction of sp³-hybridized carbons (Fsp3) is 0.100. The second kappa shape index (κ2) is 6.04. The highest BCUT2D eigenvalue weighted by Crippen LogP contribution is 2.37. The number of hydrogen-bond donors (Lipinski definition) is 0. The number of benzene rings is 1. The minimum Gasteiger partial charge on any atom is -0.310 e. The molecule has 1 aromatic carbocycles. The number of nitrogens with zero attached hydrogens (tertiary/aromatic N) is 5. The molecule has 0 N–H and O–H groups in total. The SMILES string of the molecule is Clc1ccc2nc(-c3cccnc3)nc(N3CCc4cccnc43)c2c1. The molecule has 1 aliphatic rings. The third-order valence-corrected chi connectivity index (χ3v) is 4.78. The van der Waals surface area contributed by atoms with Crippen LogP contribution in [0.1, 0.15) is 5.56 Å². The molecular weight excluding hydrogens is 346 g/mol. The molecule has 0 amide bonds. The van der Waals surface area contributed by atoms with Crippen LogP contribution < -0.4 is 4.90 Å². The average Bonchev–Trinajstić information content (AvgIpc) is 3.12. The third-order valence-electron chi connectivity index (χ3n) is 4.54. The van der Waals surface area contributed by atoms with Crippen molar-refractivity contribution in [2.24, 2.45) is 0 Å². The van der Waals surface area contributed by atoms with Gasteiger partial charge in [-0.25, -0.2) is 15.0 Å². The zero-order valence-corrected chi connectivity index (χ0v) is 14.6. The summed E-state index contributed by atoms with van der Waals surface area (Å²) in [4.78, 5) is 20.5. The van der Waals surface area contributed by atoms with Crippen molar-refractivity contribution in [3.8, 4) is 11.4 Å². The Morgan fingerprint density at radius 3 is 2.77 bits per heavy atom. The van der Waals surface area contributed by atoms with Crippen LogP contribution in [0, 0.1) is 0 Å². The van der Waals surface area contributed by atoms with Gasteiger partial charge < -0.3 is 4.90 Å². The van der Waals surface area contributed by atoms with Gasteiger partial charge in [-0.3, -0.25) is 4.98 Å². The maximum Gasteiger partial charge on any atom is 0.163 e. The molecule has 5 nitrogen and oxygen atoms in total. The monoisotopic (exact) mass is 359 g/mol. The first-order valence-corrected chi connectivity index (χ1v) is 8.76. The minimum absolute atomic E-state index is 0.646. The van der Waals surface area contributed by atoms with Gasteiger partial charge in [0.25, 0.3) is 0 Å². The molecule has 0 unspecified atom stereocenters. The molecule has 0 spiro atoms. The molecule has 0 fully saturated rings. The summed E-state index contributed by atoms with van der Waals surface area (Å²) in [5, 5.41) is 1.58. The summed E-state index contributed by atoms with van der Waals surface area (Å²) >= 11 is 6.25. The van der Waals surface area contributed by atoms with Gasteiger partial charge in [-0.2, -0.15) is 0 Å². The summed E-state index contributed by atoms with van der Waals surface area (Å²) in [7, 11) is 0. The topological polar surface area (TPSA) is 54.8 Å². The largest absolute Gasteiger partial charge is 0.310 e. The van der Waals surface area contributed by atoms with E-state index in [1.54, 1.807) is 12.4 Å². The number of pyridine rings is 2. The van der Waals surface area contributed by atoms with Crippen molar-refractivity contribution >= 4 is 34.1 Å². The Kier molecular flexibility index (Phi) is 3.53. The van der Waals surface area contributed by atoms with Crippen molar-refractivity contribution in [2.45, 2.75) is 6.42 Å². The number of rotatable bonds is 2. The lowest BCUT2D eigenvalue weighted by Crippen LogP contribution is -2.17. The van der Waals surface area contributed by atoms with Crippen molar-refractivity contribution in [2.75, 3.05) is 11.4 Å². The lowest BCUT2D eigenvalue weighted by Gasteiger charge is -2.20. The van der Waals surface area contributed by atoms with Crippen LogP contribution in [0.15, 0.2) is 61.1 Å². The Morgan fingerprint density at radius 2 is 1.88 bits per heavy atom. The van der Waals surface area contributed by atoms with E-state index in [0.29, 0.717) is 10.8 Å². The Balaban J connectivity index is 1.77. The summed E-state index contributed by atoms with van der Waals surface area (Å²) in [5.74, 6) is 2.42. The fourth-order valence-electron chi connectivity index (χ4n) is 3.33. The summed E-state index contributed by atoms with van der Waals surface area (Å²) in [6.45, 7) is 0.831. The number of aromatic nitrogens is 4. The normalized spacial score (nSPS) is 13.2. The summed E-state index contributed by atoms with van der Waals surface area (Å²) in [5.41, 5.74) is 2.96. The highest BCUT2D eigenvalue weighted by molar-refractivity contribution is 6.31. The van der Waals surface area contributed by atoms with Crippen LogP contribution >= 0.6 is 11.6 Å². The maximum atomic E-state index is 6.25. The maximum absolute atomic E-state index is 6.25. The molecule has 0 bridgehead atoms. The summed E-state index contributed by atoms with van der Waals surface area (Å²) < 4.78 is 0. The molecule has 126 valence electrons. The van der Waals surface area contributed by atoms with Crippen molar-refractivity contribution in [1.82, 2.24) is 19.9 Å². The van der Waals surface area contributed by atoms with Crippen molar-refractivity contribution in [3.05, 3.63) is 71.6 Å². The number of anilines is 2.